The molecule has 0 saturated carbocycles. The van der Waals surface area contributed by atoms with Crippen LogP contribution < -0.4 is 35.7 Å². The monoisotopic (exact) mass is 1060 g/mol. The first-order chi connectivity index (χ1) is 38.4. The van der Waals surface area contributed by atoms with E-state index in [9.17, 15) is 0 Å². The minimum atomic E-state index is -0.160. The van der Waals surface area contributed by atoms with Crippen LogP contribution in [0.4, 0.5) is 34.1 Å². The van der Waals surface area contributed by atoms with Gasteiger partial charge in [-0.15, -0.1) is 11.3 Å². The Balaban J connectivity index is 1.06. The molecule has 392 valence electrons. The van der Waals surface area contributed by atoms with E-state index in [4.69, 9.17) is 9.47 Å². The normalized spacial score (nSPS) is 13.7. The Hall–Kier alpha value is -8.32. The molecule has 0 aliphatic carbocycles. The van der Waals surface area contributed by atoms with Gasteiger partial charge in [0.05, 0.1) is 11.4 Å². The highest BCUT2D eigenvalue weighted by atomic mass is 32.1. The molecule has 0 radical (unpaired) electrons. The second kappa shape index (κ2) is 18.4. The molecule has 80 heavy (non-hydrogen) atoms. The second-order valence-corrected chi connectivity index (χ2v) is 26.5. The topological polar surface area (TPSA) is 24.9 Å². The summed E-state index contributed by atoms with van der Waals surface area (Å²) in [7, 11) is 0. The van der Waals surface area contributed by atoms with Crippen molar-refractivity contribution < 1.29 is 9.47 Å². The minimum Gasteiger partial charge on any atom is -0.454 e. The molecule has 0 amide bonds. The van der Waals surface area contributed by atoms with Gasteiger partial charge in [0.2, 0.25) is 6.79 Å². The van der Waals surface area contributed by atoms with Crippen molar-refractivity contribution in [2.24, 2.45) is 0 Å². The smallest absolute Gasteiger partial charge is 0.252 e. The highest BCUT2D eigenvalue weighted by Crippen LogP contribution is 2.53. The number of rotatable bonds is 6. The molecule has 0 spiro atoms. The van der Waals surface area contributed by atoms with Crippen molar-refractivity contribution in [3.63, 3.8) is 0 Å². The average Bonchev–Trinajstić information content (AvgIpc) is 4.21. The van der Waals surface area contributed by atoms with E-state index in [2.05, 4.69) is 279 Å². The number of ether oxygens (including phenoxy) is 2. The molecule has 1 aromatic heterocycles. The van der Waals surface area contributed by atoms with E-state index >= 15 is 0 Å². The van der Waals surface area contributed by atoms with E-state index in [1.807, 2.05) is 11.3 Å². The largest absolute Gasteiger partial charge is 0.454 e. The number of fused-ring (bicyclic) bond motifs is 9. The predicted molar refractivity (Wildman–Crippen MR) is 342 cm³/mol. The maximum atomic E-state index is 6.68. The summed E-state index contributed by atoms with van der Waals surface area (Å²) in [5.41, 5.74) is 24.8. The van der Waals surface area contributed by atoms with E-state index < -0.39 is 0 Å². The summed E-state index contributed by atoms with van der Waals surface area (Å²) in [5, 5.41) is 2.61. The number of thiophene rings is 1. The van der Waals surface area contributed by atoms with Crippen LogP contribution in [0.3, 0.4) is 0 Å². The molecule has 3 aliphatic heterocycles. The summed E-state index contributed by atoms with van der Waals surface area (Å²) in [4.78, 5) is 5.09. The van der Waals surface area contributed by atoms with Gasteiger partial charge in [0.1, 0.15) is 0 Å². The van der Waals surface area contributed by atoms with Crippen LogP contribution in [0.25, 0.3) is 64.7 Å². The quantitative estimate of drug-likeness (QED) is 0.155. The third kappa shape index (κ3) is 8.33. The van der Waals surface area contributed by atoms with E-state index in [1.54, 1.807) is 0 Å². The van der Waals surface area contributed by atoms with Crippen LogP contribution in [0.15, 0.2) is 200 Å². The molecule has 14 rings (SSSR count). The van der Waals surface area contributed by atoms with Gasteiger partial charge in [-0.05, 0) is 167 Å². The summed E-state index contributed by atoms with van der Waals surface area (Å²) in [6, 6.07) is 76.1. The first kappa shape index (κ1) is 49.9. The van der Waals surface area contributed by atoms with Crippen LogP contribution in [0.2, 0.25) is 0 Å². The van der Waals surface area contributed by atoms with Gasteiger partial charge in [-0.3, -0.25) is 0 Å². The molecule has 11 aromatic rings. The zero-order chi connectivity index (χ0) is 55.0. The fourth-order valence-corrected chi connectivity index (χ4v) is 13.8. The van der Waals surface area contributed by atoms with Crippen molar-refractivity contribution in [3.8, 4) is 56.0 Å². The summed E-state index contributed by atoms with van der Waals surface area (Å²) >= 11 is 1.87. The molecular weight excluding hydrogens is 992 g/mol. The maximum Gasteiger partial charge on any atom is 0.252 e. The molecule has 4 heterocycles. The lowest BCUT2D eigenvalue weighted by atomic mass is 9.33. The van der Waals surface area contributed by atoms with Gasteiger partial charge in [0.15, 0.2) is 11.5 Å². The number of benzene rings is 10. The standard InChI is InChI=1S/C74H65BN2O2S/c1-45-36-64-69-65(37-45)77(62-34-30-55(74(8,9)10)43-59(62)48-16-12-11-13-17-48)70-60(32-35-66-71(70)79-44-78-66)75(69)61-41-49(50-24-31-58-57-18-14-15-19-67(57)80-68(58)42-50)25-33-63(61)76(64)56-39-51(46-20-26-53(27-21-46)72(2,3)4)38-52(40-56)47-22-28-54(29-23-47)73(5,6)7/h11-43H,44H2,1-10H3. The first-order valence-corrected chi connectivity index (χ1v) is 29.1. The van der Waals surface area contributed by atoms with E-state index in [1.165, 1.54) is 86.6 Å². The van der Waals surface area contributed by atoms with Gasteiger partial charge in [-0.2, -0.15) is 0 Å². The first-order valence-electron chi connectivity index (χ1n) is 28.2. The highest BCUT2D eigenvalue weighted by molar-refractivity contribution is 7.25. The molecule has 0 unspecified atom stereocenters. The van der Waals surface area contributed by atoms with E-state index in [0.29, 0.717) is 0 Å². The number of hydrogen-bond acceptors (Lipinski definition) is 5. The number of hydrogen-bond donors (Lipinski definition) is 0. The van der Waals surface area contributed by atoms with Crippen molar-refractivity contribution in [2.75, 3.05) is 16.6 Å². The third-order valence-electron chi connectivity index (χ3n) is 17.0. The SMILES string of the molecule is Cc1cc2c3c(c1)N(c1ccc(C(C)(C)C)cc1-c1ccccc1)c1c(ccc4c1OCO4)B3c1cc(-c3ccc4c(c3)sc3ccccc34)ccc1N2c1cc(-c2ccc(C(C)(C)C)cc2)cc(-c2ccc(C(C)(C)C)cc2)c1. The van der Waals surface area contributed by atoms with Crippen LogP contribution in [-0.2, 0) is 16.2 Å². The van der Waals surface area contributed by atoms with Crippen molar-refractivity contribution >= 4 is 88.7 Å². The number of anilines is 6. The van der Waals surface area contributed by atoms with E-state index in [-0.39, 0.29) is 29.8 Å². The van der Waals surface area contributed by atoms with Crippen LogP contribution in [0.5, 0.6) is 11.5 Å². The zero-order valence-electron chi connectivity index (χ0n) is 47.5. The maximum absolute atomic E-state index is 6.68. The lowest BCUT2D eigenvalue weighted by Crippen LogP contribution is -2.61. The van der Waals surface area contributed by atoms with Gasteiger partial charge < -0.3 is 19.3 Å². The number of aryl methyl sites for hydroxylation is 1. The molecule has 3 aliphatic rings. The number of nitrogens with zero attached hydrogens (tertiary/aromatic N) is 2. The lowest BCUT2D eigenvalue weighted by molar-refractivity contribution is 0.174. The summed E-state index contributed by atoms with van der Waals surface area (Å²) in [5.74, 6) is 1.54. The fraction of sp³-hybridized carbons (Fsp3) is 0.189. The van der Waals surface area contributed by atoms with Crippen molar-refractivity contribution in [1.82, 2.24) is 0 Å². The van der Waals surface area contributed by atoms with Crippen molar-refractivity contribution in [1.29, 1.82) is 0 Å². The van der Waals surface area contributed by atoms with Crippen LogP contribution in [0.1, 0.15) is 84.6 Å². The Morgan fingerprint density at radius 3 is 1.66 bits per heavy atom. The fourth-order valence-electron chi connectivity index (χ4n) is 12.6. The lowest BCUT2D eigenvalue weighted by Gasteiger charge is -2.45. The summed E-state index contributed by atoms with van der Waals surface area (Å²) in [6.07, 6.45) is 0. The molecule has 6 heteroatoms. The Morgan fingerprint density at radius 1 is 0.412 bits per heavy atom. The third-order valence-corrected chi connectivity index (χ3v) is 18.1. The van der Waals surface area contributed by atoms with Gasteiger partial charge >= 0.3 is 0 Å². The molecular formula is C74H65BN2O2S. The molecule has 0 atom stereocenters. The second-order valence-electron chi connectivity index (χ2n) is 25.4. The van der Waals surface area contributed by atoms with E-state index in [0.717, 1.165) is 62.3 Å². The van der Waals surface area contributed by atoms with Gasteiger partial charge in [0, 0.05) is 48.5 Å². The molecule has 10 aromatic carbocycles. The molecule has 0 bridgehead atoms. The average molecular weight is 1060 g/mol. The van der Waals surface area contributed by atoms with Gasteiger partial charge in [-0.25, -0.2) is 0 Å². The van der Waals surface area contributed by atoms with Crippen molar-refractivity contribution in [2.45, 2.75) is 85.5 Å². The van der Waals surface area contributed by atoms with Crippen LogP contribution in [0, 0.1) is 6.92 Å². The zero-order valence-corrected chi connectivity index (χ0v) is 48.3. The van der Waals surface area contributed by atoms with Crippen molar-refractivity contribution in [3.05, 3.63) is 222 Å². The van der Waals surface area contributed by atoms with Gasteiger partial charge in [-0.1, -0.05) is 196 Å². The minimum absolute atomic E-state index is 0.0311. The molecule has 0 fully saturated rings. The Bertz CT molecular complexity index is 4210. The van der Waals surface area contributed by atoms with Crippen LogP contribution in [-0.4, -0.2) is 13.5 Å². The van der Waals surface area contributed by atoms with Gasteiger partial charge in [0.25, 0.3) is 6.71 Å². The van der Waals surface area contributed by atoms with Crippen LogP contribution >= 0.6 is 11.3 Å². The Morgan fingerprint density at radius 2 is 0.988 bits per heavy atom. The highest BCUT2D eigenvalue weighted by Gasteiger charge is 2.46. The summed E-state index contributed by atoms with van der Waals surface area (Å²) < 4.78 is 15.6. The summed E-state index contributed by atoms with van der Waals surface area (Å²) in [6.45, 7) is 22.9. The Labute approximate surface area is 476 Å². The predicted octanol–water partition coefficient (Wildman–Crippen LogP) is 18.7. The Kier molecular flexibility index (Phi) is 11.5. The molecule has 0 saturated heterocycles. The molecule has 0 N–H and O–H groups in total. The molecule has 4 nitrogen and oxygen atoms in total.